The number of hydrogen-bond donors (Lipinski definition) is 1. The van der Waals surface area contributed by atoms with E-state index in [0.29, 0.717) is 28.0 Å². The highest BCUT2D eigenvalue weighted by Crippen LogP contribution is 2.28. The molecule has 1 aromatic carbocycles. The molecule has 0 bridgehead atoms. The van der Waals surface area contributed by atoms with E-state index in [-0.39, 0.29) is 5.91 Å². The van der Waals surface area contributed by atoms with E-state index in [0.717, 1.165) is 30.2 Å². The van der Waals surface area contributed by atoms with Gasteiger partial charge in [0.1, 0.15) is 11.4 Å². The highest BCUT2D eigenvalue weighted by molar-refractivity contribution is 7.13. The maximum Gasteiger partial charge on any atom is 0.270 e. The number of rotatable bonds is 6. The summed E-state index contributed by atoms with van der Waals surface area (Å²) >= 11 is 13.8. The van der Waals surface area contributed by atoms with Crippen LogP contribution in [0, 0.1) is 0 Å². The predicted molar refractivity (Wildman–Crippen MR) is 120 cm³/mol. The summed E-state index contributed by atoms with van der Waals surface area (Å²) in [7, 11) is 0. The zero-order valence-corrected chi connectivity index (χ0v) is 18.2. The molecule has 0 aliphatic carbocycles. The predicted octanol–water partition coefficient (Wildman–Crippen LogP) is 5.12. The van der Waals surface area contributed by atoms with E-state index < -0.39 is 0 Å². The molecule has 152 valence electrons. The second-order valence-corrected chi connectivity index (χ2v) is 8.82. The van der Waals surface area contributed by atoms with Gasteiger partial charge in [-0.05, 0) is 61.6 Å². The number of aromatic nitrogens is 2. The van der Waals surface area contributed by atoms with Crippen LogP contribution in [0.1, 0.15) is 29.8 Å². The first-order chi connectivity index (χ1) is 14.1. The first-order valence-corrected chi connectivity index (χ1v) is 11.4. The minimum atomic E-state index is -0.150. The van der Waals surface area contributed by atoms with Gasteiger partial charge in [0.15, 0.2) is 0 Å². The van der Waals surface area contributed by atoms with Crippen molar-refractivity contribution < 1.29 is 4.79 Å². The number of halogens is 2. The smallest absolute Gasteiger partial charge is 0.270 e. The fourth-order valence-corrected chi connectivity index (χ4v) is 4.48. The van der Waals surface area contributed by atoms with Gasteiger partial charge in [-0.2, -0.15) is 5.10 Å². The molecule has 0 saturated carbocycles. The third-order valence-corrected chi connectivity index (χ3v) is 6.66. The number of nitrogens with one attached hydrogen (secondary N) is 1. The molecule has 1 saturated heterocycles. The lowest BCUT2D eigenvalue weighted by Crippen LogP contribution is -2.38. The van der Waals surface area contributed by atoms with E-state index in [1.807, 2.05) is 29.6 Å². The van der Waals surface area contributed by atoms with Crippen LogP contribution >= 0.6 is 34.5 Å². The molecule has 1 aliphatic heterocycles. The van der Waals surface area contributed by atoms with Crippen molar-refractivity contribution in [2.75, 3.05) is 26.2 Å². The molecule has 8 heteroatoms. The van der Waals surface area contributed by atoms with Crippen LogP contribution in [0.2, 0.25) is 10.0 Å². The molecule has 0 spiro atoms. The van der Waals surface area contributed by atoms with Crippen LogP contribution in [0.4, 0.5) is 0 Å². The fraction of sp³-hybridized carbons (Fsp3) is 0.333. The SMILES string of the molecule is O=C(NCCN1CCCCC1)c1cc(-c2cccs2)nn1-c1ccc(Cl)c(Cl)c1. The van der Waals surface area contributed by atoms with Gasteiger partial charge in [-0.3, -0.25) is 4.79 Å². The minimum absolute atomic E-state index is 0.150. The van der Waals surface area contributed by atoms with Crippen molar-refractivity contribution in [3.8, 4) is 16.3 Å². The summed E-state index contributed by atoms with van der Waals surface area (Å²) in [6, 6.07) is 11.0. The van der Waals surface area contributed by atoms with Crippen LogP contribution in [0.5, 0.6) is 0 Å². The Kier molecular flexibility index (Phi) is 6.55. The molecule has 1 N–H and O–H groups in total. The van der Waals surface area contributed by atoms with Crippen LogP contribution < -0.4 is 5.32 Å². The third-order valence-electron chi connectivity index (χ3n) is 5.03. The van der Waals surface area contributed by atoms with Crippen molar-refractivity contribution in [2.45, 2.75) is 19.3 Å². The number of likely N-dealkylation sites (tertiary alicyclic amines) is 1. The van der Waals surface area contributed by atoms with Gasteiger partial charge in [-0.1, -0.05) is 35.7 Å². The van der Waals surface area contributed by atoms with Crippen molar-refractivity contribution >= 4 is 40.4 Å². The average Bonchev–Trinajstić information content (AvgIpc) is 3.40. The van der Waals surface area contributed by atoms with E-state index in [1.54, 1.807) is 28.2 Å². The molecule has 5 nitrogen and oxygen atoms in total. The number of benzene rings is 1. The molecule has 4 rings (SSSR count). The Hall–Kier alpha value is -1.86. The van der Waals surface area contributed by atoms with E-state index in [4.69, 9.17) is 23.2 Å². The first kappa shape index (κ1) is 20.4. The topological polar surface area (TPSA) is 50.2 Å². The van der Waals surface area contributed by atoms with Crippen LogP contribution in [-0.4, -0.2) is 46.8 Å². The maximum absolute atomic E-state index is 13.0. The Labute approximate surface area is 184 Å². The van der Waals surface area contributed by atoms with E-state index in [2.05, 4.69) is 15.3 Å². The fourth-order valence-electron chi connectivity index (χ4n) is 3.50. The second kappa shape index (κ2) is 9.30. The molecule has 1 aliphatic rings. The lowest BCUT2D eigenvalue weighted by atomic mass is 10.1. The Morgan fingerprint density at radius 2 is 1.93 bits per heavy atom. The number of carbonyl (C=O) groups excluding carboxylic acids is 1. The molecule has 1 amide bonds. The molecule has 0 radical (unpaired) electrons. The summed E-state index contributed by atoms with van der Waals surface area (Å²) in [5.74, 6) is -0.150. The first-order valence-electron chi connectivity index (χ1n) is 9.72. The van der Waals surface area contributed by atoms with Gasteiger partial charge in [-0.15, -0.1) is 11.3 Å². The number of nitrogens with zero attached hydrogens (tertiary/aromatic N) is 3. The summed E-state index contributed by atoms with van der Waals surface area (Å²) in [5.41, 5.74) is 1.93. The van der Waals surface area contributed by atoms with Crippen molar-refractivity contribution in [1.29, 1.82) is 0 Å². The van der Waals surface area contributed by atoms with Gasteiger partial charge in [-0.25, -0.2) is 4.68 Å². The van der Waals surface area contributed by atoms with Gasteiger partial charge in [0.25, 0.3) is 5.91 Å². The normalized spacial score (nSPS) is 14.8. The van der Waals surface area contributed by atoms with Crippen LogP contribution in [-0.2, 0) is 0 Å². The largest absolute Gasteiger partial charge is 0.349 e. The maximum atomic E-state index is 13.0. The summed E-state index contributed by atoms with van der Waals surface area (Å²) in [6.45, 7) is 3.70. The zero-order valence-electron chi connectivity index (χ0n) is 15.9. The Balaban J connectivity index is 1.56. The molecule has 3 aromatic rings. The molecule has 1 fully saturated rings. The van der Waals surface area contributed by atoms with E-state index >= 15 is 0 Å². The molecule has 0 unspecified atom stereocenters. The molecular weight excluding hydrogens is 427 g/mol. The highest BCUT2D eigenvalue weighted by Gasteiger charge is 2.19. The van der Waals surface area contributed by atoms with Crippen LogP contribution in [0.15, 0.2) is 41.8 Å². The highest BCUT2D eigenvalue weighted by atomic mass is 35.5. The second-order valence-electron chi connectivity index (χ2n) is 7.06. The Bertz CT molecular complexity index is 981. The monoisotopic (exact) mass is 448 g/mol. The number of hydrogen-bond acceptors (Lipinski definition) is 4. The standard InChI is InChI=1S/C21H22Cl2N4OS/c22-16-7-6-15(13-17(16)23)27-19(14-18(25-27)20-5-4-12-29-20)21(28)24-8-11-26-9-2-1-3-10-26/h4-7,12-14H,1-3,8-11H2,(H,24,28). The summed E-state index contributed by atoms with van der Waals surface area (Å²) in [6.07, 6.45) is 3.78. The average molecular weight is 449 g/mol. The summed E-state index contributed by atoms with van der Waals surface area (Å²) < 4.78 is 1.63. The van der Waals surface area contributed by atoms with E-state index in [1.165, 1.54) is 19.3 Å². The minimum Gasteiger partial charge on any atom is -0.349 e. The van der Waals surface area contributed by atoms with Gasteiger partial charge in [0.05, 0.1) is 20.6 Å². The molecular formula is C21H22Cl2N4OS. The third kappa shape index (κ3) is 4.83. The van der Waals surface area contributed by atoms with Crippen LogP contribution in [0.25, 0.3) is 16.3 Å². The van der Waals surface area contributed by atoms with Crippen molar-refractivity contribution in [3.05, 3.63) is 57.5 Å². The lowest BCUT2D eigenvalue weighted by Gasteiger charge is -2.26. The van der Waals surface area contributed by atoms with Gasteiger partial charge in [0.2, 0.25) is 0 Å². The van der Waals surface area contributed by atoms with Crippen LogP contribution in [0.3, 0.4) is 0 Å². The number of thiophene rings is 1. The lowest BCUT2D eigenvalue weighted by molar-refractivity contribution is 0.0939. The summed E-state index contributed by atoms with van der Waals surface area (Å²) in [4.78, 5) is 16.4. The number of piperidine rings is 1. The number of amides is 1. The Morgan fingerprint density at radius 1 is 1.10 bits per heavy atom. The molecule has 2 aromatic heterocycles. The van der Waals surface area contributed by atoms with E-state index in [9.17, 15) is 4.79 Å². The van der Waals surface area contributed by atoms with Crippen molar-refractivity contribution in [1.82, 2.24) is 20.0 Å². The Morgan fingerprint density at radius 3 is 2.66 bits per heavy atom. The molecule has 29 heavy (non-hydrogen) atoms. The van der Waals surface area contributed by atoms with Gasteiger partial charge in [0, 0.05) is 13.1 Å². The number of carbonyl (C=O) groups is 1. The van der Waals surface area contributed by atoms with Crippen molar-refractivity contribution in [2.24, 2.45) is 0 Å². The van der Waals surface area contributed by atoms with Gasteiger partial charge < -0.3 is 10.2 Å². The molecule has 3 heterocycles. The van der Waals surface area contributed by atoms with Crippen molar-refractivity contribution in [3.63, 3.8) is 0 Å². The zero-order chi connectivity index (χ0) is 20.2. The molecule has 0 atom stereocenters. The van der Waals surface area contributed by atoms with Gasteiger partial charge >= 0.3 is 0 Å². The quantitative estimate of drug-likeness (QED) is 0.568. The summed E-state index contributed by atoms with van der Waals surface area (Å²) in [5, 5.41) is 10.6.